The van der Waals surface area contributed by atoms with Crippen molar-refractivity contribution in [3.63, 3.8) is 0 Å². The summed E-state index contributed by atoms with van der Waals surface area (Å²) in [6, 6.07) is 5.42. The molecule has 0 fully saturated rings. The van der Waals surface area contributed by atoms with Gasteiger partial charge >= 0.3 is 5.97 Å². The molecule has 6 heteroatoms. The number of nitrogens with zero attached hydrogens (tertiary/aromatic N) is 1. The van der Waals surface area contributed by atoms with Crippen molar-refractivity contribution in [3.05, 3.63) is 48.7 Å². The van der Waals surface area contributed by atoms with Gasteiger partial charge in [0.05, 0.1) is 6.20 Å². The number of rotatable bonds is 3. The lowest BCUT2D eigenvalue weighted by atomic mass is 10.1. The van der Waals surface area contributed by atoms with Gasteiger partial charge in [-0.2, -0.15) is 0 Å². The number of aliphatic carboxylic acids is 1. The van der Waals surface area contributed by atoms with Crippen LogP contribution in [0, 0.1) is 0 Å². The fourth-order valence-corrected chi connectivity index (χ4v) is 1.15. The van der Waals surface area contributed by atoms with Crippen molar-refractivity contribution in [2.24, 2.45) is 5.73 Å². The number of benzene rings is 1. The maximum absolute atomic E-state index is 10.4. The summed E-state index contributed by atoms with van der Waals surface area (Å²) in [5.41, 5.74) is 6.12. The summed E-state index contributed by atoms with van der Waals surface area (Å²) in [6.07, 6.45) is 4.75. The van der Waals surface area contributed by atoms with Crippen molar-refractivity contribution in [1.82, 2.24) is 4.98 Å². The molecule has 0 radical (unpaired) electrons. The molecule has 96 valence electrons. The van der Waals surface area contributed by atoms with Crippen LogP contribution < -0.4 is 5.73 Å². The van der Waals surface area contributed by atoms with Gasteiger partial charge in [-0.3, -0.25) is 4.79 Å². The van der Waals surface area contributed by atoms with E-state index in [1.54, 1.807) is 18.3 Å². The summed E-state index contributed by atoms with van der Waals surface area (Å²) in [4.78, 5) is 14.0. The molecule has 0 saturated heterocycles. The molecule has 2 aromatic rings. The molecule has 18 heavy (non-hydrogen) atoms. The van der Waals surface area contributed by atoms with Crippen molar-refractivity contribution in [2.75, 3.05) is 0 Å². The predicted octanol–water partition coefficient (Wildman–Crippen LogP) is 1.02. The number of oxazole rings is 1. The first-order valence-corrected chi connectivity index (χ1v) is 5.18. The molecule has 1 atom stereocenters. The third-order valence-electron chi connectivity index (χ3n) is 2.06. The van der Waals surface area contributed by atoms with Crippen molar-refractivity contribution < 1.29 is 19.4 Å². The number of carbonyl (C=O) groups is 1. The largest absolute Gasteiger partial charge is 0.508 e. The average Bonchev–Trinajstić information content (AvgIpc) is 2.90. The molecule has 2 rings (SSSR count). The zero-order valence-corrected chi connectivity index (χ0v) is 9.56. The molecule has 0 bridgehead atoms. The molecular weight excluding hydrogens is 236 g/mol. The Morgan fingerprint density at radius 1 is 1.39 bits per heavy atom. The molecule has 0 unspecified atom stereocenters. The minimum absolute atomic E-state index is 0.160. The summed E-state index contributed by atoms with van der Waals surface area (Å²) in [5.74, 6) is -0.860. The van der Waals surface area contributed by atoms with Crippen LogP contribution in [-0.2, 0) is 11.2 Å². The van der Waals surface area contributed by atoms with Gasteiger partial charge in [-0.25, -0.2) is 4.98 Å². The molecule has 4 N–H and O–H groups in total. The molecule has 0 aliphatic carbocycles. The van der Waals surface area contributed by atoms with Gasteiger partial charge in [-0.05, 0) is 24.1 Å². The number of hydrogen-bond donors (Lipinski definition) is 3. The zero-order chi connectivity index (χ0) is 13.4. The van der Waals surface area contributed by atoms with Crippen LogP contribution in [0.1, 0.15) is 5.56 Å². The molecule has 1 aromatic heterocycles. The van der Waals surface area contributed by atoms with E-state index in [4.69, 9.17) is 15.9 Å². The Kier molecular flexibility index (Phi) is 5.40. The smallest absolute Gasteiger partial charge is 0.320 e. The molecule has 0 saturated carbocycles. The molecule has 6 nitrogen and oxygen atoms in total. The van der Waals surface area contributed by atoms with Crippen molar-refractivity contribution in [3.8, 4) is 5.75 Å². The molecule has 0 aliphatic heterocycles. The number of phenols is 1. The number of phenolic OH excluding ortho intramolecular Hbond substituents is 1. The summed E-state index contributed by atoms with van der Waals surface area (Å²) in [7, 11) is 0. The number of carboxylic acid groups (broad SMARTS) is 1. The third-order valence-corrected chi connectivity index (χ3v) is 2.06. The highest BCUT2D eigenvalue weighted by molar-refractivity contribution is 5.73. The lowest BCUT2D eigenvalue weighted by molar-refractivity contribution is -0.138. The van der Waals surface area contributed by atoms with Crippen molar-refractivity contribution in [1.29, 1.82) is 0 Å². The molecule has 1 heterocycles. The summed E-state index contributed by atoms with van der Waals surface area (Å²) in [5, 5.41) is 17.5. The van der Waals surface area contributed by atoms with Crippen molar-refractivity contribution >= 4 is 5.97 Å². The Hall–Kier alpha value is -2.34. The SMILES string of the molecule is N[C@@H](Cc1ccc(O)cc1)C(=O)O.c1cocn1. The fourth-order valence-electron chi connectivity index (χ4n) is 1.15. The summed E-state index contributed by atoms with van der Waals surface area (Å²) in [6.45, 7) is 0. The van der Waals surface area contributed by atoms with E-state index in [9.17, 15) is 4.79 Å². The molecule has 0 spiro atoms. The second kappa shape index (κ2) is 7.08. The van der Waals surface area contributed by atoms with Crippen LogP contribution >= 0.6 is 0 Å². The second-order valence-corrected chi connectivity index (χ2v) is 3.49. The zero-order valence-electron chi connectivity index (χ0n) is 9.56. The van der Waals surface area contributed by atoms with E-state index < -0.39 is 12.0 Å². The normalized spacial score (nSPS) is 11.2. The topological polar surface area (TPSA) is 110 Å². The van der Waals surface area contributed by atoms with E-state index in [-0.39, 0.29) is 12.2 Å². The van der Waals surface area contributed by atoms with E-state index in [2.05, 4.69) is 9.40 Å². The monoisotopic (exact) mass is 250 g/mol. The molecule has 0 amide bonds. The van der Waals surface area contributed by atoms with Crippen LogP contribution in [0.5, 0.6) is 5.75 Å². The van der Waals surface area contributed by atoms with E-state index in [1.165, 1.54) is 24.8 Å². The van der Waals surface area contributed by atoms with Crippen LogP contribution in [0.2, 0.25) is 0 Å². The van der Waals surface area contributed by atoms with E-state index in [1.807, 2.05) is 0 Å². The Labute approximate surface area is 104 Å². The number of nitrogens with two attached hydrogens (primary N) is 1. The van der Waals surface area contributed by atoms with Gasteiger partial charge in [0.25, 0.3) is 0 Å². The maximum atomic E-state index is 10.4. The van der Waals surface area contributed by atoms with E-state index in [0.717, 1.165) is 5.56 Å². The number of aromatic hydroxyl groups is 1. The predicted molar refractivity (Wildman–Crippen MR) is 63.9 cm³/mol. The number of aromatic nitrogens is 1. The Morgan fingerprint density at radius 2 is 2.06 bits per heavy atom. The third kappa shape index (κ3) is 5.13. The van der Waals surface area contributed by atoms with Gasteiger partial charge in [-0.1, -0.05) is 12.1 Å². The van der Waals surface area contributed by atoms with E-state index >= 15 is 0 Å². The van der Waals surface area contributed by atoms with Gasteiger partial charge in [0.1, 0.15) is 18.1 Å². The highest BCUT2D eigenvalue weighted by Gasteiger charge is 2.11. The van der Waals surface area contributed by atoms with Crippen LogP contribution in [0.3, 0.4) is 0 Å². The standard InChI is InChI=1S/C9H11NO3.C3H3NO/c10-8(9(12)13)5-6-1-3-7(11)4-2-6;1-2-5-3-4-1/h1-4,8,11H,5,10H2,(H,12,13);1-3H/t8-;/m0./s1. The van der Waals surface area contributed by atoms with Gasteiger partial charge in [0.2, 0.25) is 0 Å². The first kappa shape index (κ1) is 13.7. The molecular formula is C12H14N2O4. The summed E-state index contributed by atoms with van der Waals surface area (Å²) < 4.78 is 4.47. The lowest BCUT2D eigenvalue weighted by Gasteiger charge is -2.05. The van der Waals surface area contributed by atoms with E-state index in [0.29, 0.717) is 0 Å². The fraction of sp³-hybridized carbons (Fsp3) is 0.167. The van der Waals surface area contributed by atoms with Crippen LogP contribution in [0.25, 0.3) is 0 Å². The molecule has 1 aromatic carbocycles. The lowest BCUT2D eigenvalue weighted by Crippen LogP contribution is -2.32. The Bertz CT molecular complexity index is 436. The minimum Gasteiger partial charge on any atom is -0.508 e. The average molecular weight is 250 g/mol. The first-order valence-electron chi connectivity index (χ1n) is 5.18. The minimum atomic E-state index is -1.02. The maximum Gasteiger partial charge on any atom is 0.320 e. The quantitative estimate of drug-likeness (QED) is 0.750. The number of hydrogen-bond acceptors (Lipinski definition) is 5. The van der Waals surface area contributed by atoms with Crippen LogP contribution in [-0.4, -0.2) is 27.2 Å². The first-order chi connectivity index (χ1) is 8.59. The van der Waals surface area contributed by atoms with Crippen LogP contribution in [0.15, 0.2) is 47.5 Å². The van der Waals surface area contributed by atoms with Gasteiger partial charge in [0.15, 0.2) is 6.39 Å². The number of carboxylic acids is 1. The highest BCUT2D eigenvalue weighted by atomic mass is 16.4. The van der Waals surface area contributed by atoms with Crippen LogP contribution in [0.4, 0.5) is 0 Å². The summed E-state index contributed by atoms with van der Waals surface area (Å²) >= 11 is 0. The van der Waals surface area contributed by atoms with Gasteiger partial charge in [0, 0.05) is 0 Å². The molecule has 0 aliphatic rings. The van der Waals surface area contributed by atoms with Gasteiger partial charge < -0.3 is 20.4 Å². The Morgan fingerprint density at radius 3 is 2.44 bits per heavy atom. The highest BCUT2D eigenvalue weighted by Crippen LogP contribution is 2.10. The van der Waals surface area contributed by atoms with Gasteiger partial charge in [-0.15, -0.1) is 0 Å². The Balaban J connectivity index is 0.000000269. The second-order valence-electron chi connectivity index (χ2n) is 3.49. The van der Waals surface area contributed by atoms with Crippen molar-refractivity contribution in [2.45, 2.75) is 12.5 Å².